The van der Waals surface area contributed by atoms with Crippen LogP contribution in [0.4, 0.5) is 10.8 Å². The summed E-state index contributed by atoms with van der Waals surface area (Å²) in [7, 11) is -3.76. The van der Waals surface area contributed by atoms with Crippen LogP contribution in [-0.4, -0.2) is 23.4 Å². The third kappa shape index (κ3) is 5.41. The maximum Gasteiger partial charge on any atom is 0.270 e. The van der Waals surface area contributed by atoms with Gasteiger partial charge in [-0.3, -0.25) is 9.78 Å². The molecule has 33 heavy (non-hydrogen) atoms. The minimum absolute atomic E-state index is 0.00997. The largest absolute Gasteiger partial charge is 0.332 e. The Kier molecular flexibility index (Phi) is 6.50. The first-order valence-corrected chi connectivity index (χ1v) is 12.7. The first kappa shape index (κ1) is 23.0. The summed E-state index contributed by atoms with van der Waals surface area (Å²) in [4.78, 5) is 23.9. The molecule has 2 heterocycles. The second-order valence-electron chi connectivity index (χ2n) is 6.50. The SMILES string of the molecule is N#Cc1c(-c2ccc(Cl)cc2)nc(Sc2csc(Nc3ccc(S(N)(=O)=O)cc3)n2)[nH]c1=O. The van der Waals surface area contributed by atoms with Crippen LogP contribution in [0.5, 0.6) is 0 Å². The van der Waals surface area contributed by atoms with Crippen molar-refractivity contribution in [1.29, 1.82) is 5.26 Å². The van der Waals surface area contributed by atoms with Crippen molar-refractivity contribution in [2.75, 3.05) is 5.32 Å². The number of nitriles is 1. The van der Waals surface area contributed by atoms with Crippen LogP contribution in [-0.2, 0) is 10.0 Å². The Bertz CT molecular complexity index is 1530. The summed E-state index contributed by atoms with van der Waals surface area (Å²) in [6, 6.07) is 14.5. The third-order valence-electron chi connectivity index (χ3n) is 4.25. The molecule has 0 aliphatic heterocycles. The van der Waals surface area contributed by atoms with Crippen LogP contribution in [0.1, 0.15) is 5.56 Å². The van der Waals surface area contributed by atoms with Crippen LogP contribution in [0.15, 0.2) is 73.8 Å². The lowest BCUT2D eigenvalue weighted by molar-refractivity contribution is 0.598. The molecule has 0 aliphatic rings. The fourth-order valence-electron chi connectivity index (χ4n) is 2.74. The van der Waals surface area contributed by atoms with E-state index < -0.39 is 15.6 Å². The van der Waals surface area contributed by atoms with E-state index in [9.17, 15) is 18.5 Å². The molecular formula is C20H13ClN6O3S3. The summed E-state index contributed by atoms with van der Waals surface area (Å²) in [6.07, 6.45) is 0. The van der Waals surface area contributed by atoms with E-state index in [0.717, 1.165) is 11.8 Å². The van der Waals surface area contributed by atoms with Gasteiger partial charge in [-0.15, -0.1) is 11.3 Å². The van der Waals surface area contributed by atoms with Gasteiger partial charge in [0.05, 0.1) is 10.6 Å². The minimum atomic E-state index is -3.76. The Morgan fingerprint density at radius 2 is 1.82 bits per heavy atom. The summed E-state index contributed by atoms with van der Waals surface area (Å²) in [5, 5.41) is 21.3. The zero-order chi connectivity index (χ0) is 23.6. The number of thiazole rings is 1. The van der Waals surface area contributed by atoms with Gasteiger partial charge >= 0.3 is 0 Å². The lowest BCUT2D eigenvalue weighted by atomic mass is 10.1. The first-order valence-electron chi connectivity index (χ1n) is 9.06. The number of nitrogens with two attached hydrogens (primary N) is 1. The topological polar surface area (TPSA) is 155 Å². The van der Waals surface area contributed by atoms with Gasteiger partial charge in [-0.05, 0) is 48.2 Å². The molecule has 166 valence electrons. The van der Waals surface area contributed by atoms with Gasteiger partial charge in [0.1, 0.15) is 16.7 Å². The standard InChI is InChI=1S/C20H13ClN6O3S3/c21-12-3-1-11(2-4-12)17-15(9-22)18(28)27-20(26-17)32-16-10-31-19(25-16)24-13-5-7-14(8-6-13)33(23,29)30/h1-8,10H,(H,24,25)(H2,23,29,30)(H,26,27,28). The smallest absolute Gasteiger partial charge is 0.270 e. The molecule has 13 heteroatoms. The van der Waals surface area contributed by atoms with Gasteiger partial charge < -0.3 is 5.32 Å². The highest BCUT2D eigenvalue weighted by Gasteiger charge is 2.15. The second kappa shape index (κ2) is 9.34. The average Bonchev–Trinajstić information content (AvgIpc) is 3.20. The molecule has 0 aliphatic carbocycles. The zero-order valence-electron chi connectivity index (χ0n) is 16.4. The maximum atomic E-state index is 12.4. The summed E-state index contributed by atoms with van der Waals surface area (Å²) < 4.78 is 22.7. The summed E-state index contributed by atoms with van der Waals surface area (Å²) in [5.74, 6) is 0. The molecule has 0 radical (unpaired) electrons. The number of nitrogens with zero attached hydrogens (tertiary/aromatic N) is 3. The van der Waals surface area contributed by atoms with E-state index in [0.29, 0.717) is 26.4 Å². The molecule has 0 spiro atoms. The number of sulfonamides is 1. The van der Waals surface area contributed by atoms with Gasteiger partial charge in [-0.1, -0.05) is 23.7 Å². The Morgan fingerprint density at radius 1 is 1.12 bits per heavy atom. The highest BCUT2D eigenvalue weighted by atomic mass is 35.5. The molecule has 2 aromatic carbocycles. The van der Waals surface area contributed by atoms with Crippen LogP contribution in [0.25, 0.3) is 11.3 Å². The fourth-order valence-corrected chi connectivity index (χ4v) is 4.98. The molecule has 0 amide bonds. The molecule has 0 atom stereocenters. The molecule has 0 fully saturated rings. The fraction of sp³-hybridized carbons (Fsp3) is 0. The van der Waals surface area contributed by atoms with Crippen molar-refractivity contribution >= 4 is 55.5 Å². The van der Waals surface area contributed by atoms with Gasteiger partial charge in [0, 0.05) is 21.7 Å². The predicted molar refractivity (Wildman–Crippen MR) is 127 cm³/mol. The highest BCUT2D eigenvalue weighted by molar-refractivity contribution is 7.99. The molecule has 2 aromatic heterocycles. The van der Waals surface area contributed by atoms with E-state index in [2.05, 4.69) is 20.3 Å². The number of primary sulfonamides is 1. The Labute approximate surface area is 201 Å². The molecule has 4 N–H and O–H groups in total. The number of benzene rings is 2. The highest BCUT2D eigenvalue weighted by Crippen LogP contribution is 2.31. The number of anilines is 2. The van der Waals surface area contributed by atoms with Crippen molar-refractivity contribution in [2.45, 2.75) is 15.1 Å². The van der Waals surface area contributed by atoms with Crippen LogP contribution < -0.4 is 16.0 Å². The Hall–Kier alpha value is -3.21. The van der Waals surface area contributed by atoms with Gasteiger partial charge in [0.15, 0.2) is 10.3 Å². The third-order valence-corrected chi connectivity index (χ3v) is 7.14. The Morgan fingerprint density at radius 3 is 2.45 bits per heavy atom. The van der Waals surface area contributed by atoms with E-state index in [1.165, 1.54) is 23.5 Å². The van der Waals surface area contributed by atoms with Gasteiger partial charge in [-0.25, -0.2) is 23.5 Å². The molecule has 0 saturated carbocycles. The predicted octanol–water partition coefficient (Wildman–Crippen LogP) is 3.96. The van der Waals surface area contributed by atoms with Crippen LogP contribution in [0.3, 0.4) is 0 Å². The van der Waals surface area contributed by atoms with Crippen molar-refractivity contribution in [3.05, 3.63) is 74.9 Å². The number of aromatic amines is 1. The molecule has 0 bridgehead atoms. The van der Waals surface area contributed by atoms with E-state index in [4.69, 9.17) is 16.7 Å². The van der Waals surface area contributed by atoms with Crippen LogP contribution in [0.2, 0.25) is 5.02 Å². The number of halogens is 1. The zero-order valence-corrected chi connectivity index (χ0v) is 19.6. The lowest BCUT2D eigenvalue weighted by Gasteiger charge is -2.06. The normalized spacial score (nSPS) is 11.2. The van der Waals surface area contributed by atoms with Crippen LogP contribution in [0, 0.1) is 11.3 Å². The van der Waals surface area contributed by atoms with Crippen molar-refractivity contribution < 1.29 is 8.42 Å². The molecule has 4 aromatic rings. The van der Waals surface area contributed by atoms with E-state index >= 15 is 0 Å². The van der Waals surface area contributed by atoms with Crippen molar-refractivity contribution in [2.24, 2.45) is 5.14 Å². The average molecular weight is 517 g/mol. The monoisotopic (exact) mass is 516 g/mol. The van der Waals surface area contributed by atoms with Crippen molar-refractivity contribution in [3.8, 4) is 17.3 Å². The van der Waals surface area contributed by atoms with Gasteiger partial charge in [0.25, 0.3) is 5.56 Å². The summed E-state index contributed by atoms with van der Waals surface area (Å²) in [5.41, 5.74) is 0.827. The molecule has 0 saturated heterocycles. The summed E-state index contributed by atoms with van der Waals surface area (Å²) >= 11 is 8.37. The van der Waals surface area contributed by atoms with E-state index in [-0.39, 0.29) is 21.3 Å². The quantitative estimate of drug-likeness (QED) is 0.325. The number of nitrogens with one attached hydrogen (secondary N) is 2. The van der Waals surface area contributed by atoms with Gasteiger partial charge in [-0.2, -0.15) is 5.26 Å². The molecule has 0 unspecified atom stereocenters. The molecule has 4 rings (SSSR count). The Balaban J connectivity index is 1.56. The van der Waals surface area contributed by atoms with Crippen molar-refractivity contribution in [3.63, 3.8) is 0 Å². The van der Waals surface area contributed by atoms with E-state index in [1.807, 2.05) is 6.07 Å². The molecular weight excluding hydrogens is 504 g/mol. The minimum Gasteiger partial charge on any atom is -0.332 e. The molecule has 9 nitrogen and oxygen atoms in total. The lowest BCUT2D eigenvalue weighted by Crippen LogP contribution is -2.14. The van der Waals surface area contributed by atoms with Gasteiger partial charge in [0.2, 0.25) is 10.0 Å². The maximum absolute atomic E-state index is 12.4. The number of hydrogen-bond donors (Lipinski definition) is 3. The van der Waals surface area contributed by atoms with Crippen molar-refractivity contribution in [1.82, 2.24) is 15.0 Å². The first-order chi connectivity index (χ1) is 15.7. The number of hydrogen-bond acceptors (Lipinski definition) is 9. The van der Waals surface area contributed by atoms with E-state index in [1.54, 1.807) is 41.8 Å². The number of rotatable bonds is 6. The number of H-pyrrole nitrogens is 1. The second-order valence-corrected chi connectivity index (χ2v) is 10.4. The number of aromatic nitrogens is 3. The van der Waals surface area contributed by atoms with Crippen LogP contribution >= 0.6 is 34.7 Å². The summed E-state index contributed by atoms with van der Waals surface area (Å²) in [6.45, 7) is 0.